The Morgan fingerprint density at radius 1 is 1.10 bits per heavy atom. The van der Waals surface area contributed by atoms with E-state index in [1.807, 2.05) is 19.1 Å². The summed E-state index contributed by atoms with van der Waals surface area (Å²) in [7, 11) is 0. The van der Waals surface area contributed by atoms with Crippen LogP contribution in [0.3, 0.4) is 0 Å². The van der Waals surface area contributed by atoms with Gasteiger partial charge in [0.1, 0.15) is 5.56 Å². The van der Waals surface area contributed by atoms with E-state index in [0.29, 0.717) is 5.69 Å². The van der Waals surface area contributed by atoms with Gasteiger partial charge in [0.05, 0.1) is 10.6 Å². The van der Waals surface area contributed by atoms with E-state index in [1.165, 1.54) is 18.2 Å². The number of nitrogens with one attached hydrogen (secondary N) is 2. The Morgan fingerprint density at radius 2 is 1.75 bits per heavy atom. The number of nitro groups is 1. The van der Waals surface area contributed by atoms with Gasteiger partial charge in [0, 0.05) is 6.07 Å². The highest BCUT2D eigenvalue weighted by Crippen LogP contribution is 2.17. The molecule has 2 N–H and O–H groups in total. The molecule has 1 amide bonds. The zero-order valence-electron chi connectivity index (χ0n) is 10.8. The molecule has 0 aliphatic rings. The monoisotopic (exact) mass is 271 g/mol. The number of hydrazine groups is 1. The van der Waals surface area contributed by atoms with Crippen molar-refractivity contribution in [2.24, 2.45) is 0 Å². The van der Waals surface area contributed by atoms with Gasteiger partial charge in [-0.3, -0.25) is 25.8 Å². The Hall–Kier alpha value is -2.89. The number of benzene rings is 2. The maximum absolute atomic E-state index is 11.9. The number of aryl methyl sites for hydroxylation is 1. The van der Waals surface area contributed by atoms with Gasteiger partial charge in [0.15, 0.2) is 0 Å². The molecule has 102 valence electrons. The van der Waals surface area contributed by atoms with Gasteiger partial charge in [-0.05, 0) is 25.1 Å². The molecule has 0 radical (unpaired) electrons. The Balaban J connectivity index is 2.09. The Labute approximate surface area is 115 Å². The number of carbonyl (C=O) groups excluding carboxylic acids is 1. The molecule has 20 heavy (non-hydrogen) atoms. The number of nitro benzene ring substituents is 1. The van der Waals surface area contributed by atoms with E-state index in [1.54, 1.807) is 18.2 Å². The summed E-state index contributed by atoms with van der Waals surface area (Å²) in [6.07, 6.45) is 0. The average Bonchev–Trinajstić information content (AvgIpc) is 2.46. The van der Waals surface area contributed by atoms with Gasteiger partial charge >= 0.3 is 0 Å². The van der Waals surface area contributed by atoms with Crippen LogP contribution < -0.4 is 10.9 Å². The van der Waals surface area contributed by atoms with Crippen LogP contribution in [0, 0.1) is 17.0 Å². The summed E-state index contributed by atoms with van der Waals surface area (Å²) in [5.41, 5.74) is 6.73. The van der Waals surface area contributed by atoms with Crippen molar-refractivity contribution in [1.29, 1.82) is 0 Å². The molecule has 0 spiro atoms. The Morgan fingerprint density at radius 3 is 2.40 bits per heavy atom. The fourth-order valence-corrected chi connectivity index (χ4v) is 1.66. The third kappa shape index (κ3) is 3.11. The minimum atomic E-state index is -0.583. The van der Waals surface area contributed by atoms with E-state index in [4.69, 9.17) is 0 Å². The number of hydrogen-bond acceptors (Lipinski definition) is 4. The molecule has 6 heteroatoms. The first-order chi connectivity index (χ1) is 9.58. The highest BCUT2D eigenvalue weighted by atomic mass is 16.6. The van der Waals surface area contributed by atoms with Gasteiger partial charge in [-0.2, -0.15) is 0 Å². The number of carbonyl (C=O) groups is 1. The first-order valence-corrected chi connectivity index (χ1v) is 5.94. The van der Waals surface area contributed by atoms with Crippen molar-refractivity contribution in [2.45, 2.75) is 6.92 Å². The van der Waals surface area contributed by atoms with Crippen LogP contribution in [0.4, 0.5) is 11.4 Å². The lowest BCUT2D eigenvalue weighted by Gasteiger charge is -2.08. The SMILES string of the molecule is Cc1ccc(NNC(=O)c2ccccc2[N+](=O)[O-])cc1. The predicted octanol–water partition coefficient (Wildman–Crippen LogP) is 2.66. The zero-order chi connectivity index (χ0) is 14.5. The zero-order valence-corrected chi connectivity index (χ0v) is 10.8. The molecule has 0 saturated carbocycles. The molecule has 0 aromatic heterocycles. The van der Waals surface area contributed by atoms with Crippen LogP contribution in [-0.2, 0) is 0 Å². The van der Waals surface area contributed by atoms with Crippen molar-refractivity contribution in [2.75, 3.05) is 5.43 Å². The van der Waals surface area contributed by atoms with Crippen molar-refractivity contribution in [3.8, 4) is 0 Å². The molecule has 0 aliphatic heterocycles. The molecule has 2 aromatic rings. The van der Waals surface area contributed by atoms with Crippen LogP contribution >= 0.6 is 0 Å². The lowest BCUT2D eigenvalue weighted by molar-refractivity contribution is -0.385. The molecule has 0 unspecified atom stereocenters. The molecule has 6 nitrogen and oxygen atoms in total. The number of rotatable bonds is 4. The number of anilines is 1. The van der Waals surface area contributed by atoms with Crippen LogP contribution in [0.15, 0.2) is 48.5 Å². The highest BCUT2D eigenvalue weighted by Gasteiger charge is 2.18. The molecule has 2 rings (SSSR count). The summed E-state index contributed by atoms with van der Waals surface area (Å²) < 4.78 is 0. The average molecular weight is 271 g/mol. The maximum atomic E-state index is 11.9. The maximum Gasteiger partial charge on any atom is 0.282 e. The van der Waals surface area contributed by atoms with Crippen LogP contribution in [-0.4, -0.2) is 10.8 Å². The summed E-state index contributed by atoms with van der Waals surface area (Å²) in [5.74, 6) is -0.558. The van der Waals surface area contributed by atoms with Crippen molar-refractivity contribution in [1.82, 2.24) is 5.43 Å². The van der Waals surface area contributed by atoms with E-state index in [-0.39, 0.29) is 11.3 Å². The number of amides is 1. The third-order valence-electron chi connectivity index (χ3n) is 2.72. The first kappa shape index (κ1) is 13.5. The second-order valence-corrected chi connectivity index (χ2v) is 4.22. The lowest BCUT2D eigenvalue weighted by Crippen LogP contribution is -2.29. The van der Waals surface area contributed by atoms with Gasteiger partial charge in [-0.25, -0.2) is 0 Å². The van der Waals surface area contributed by atoms with Gasteiger partial charge in [0.25, 0.3) is 11.6 Å². The minimum Gasteiger partial charge on any atom is -0.298 e. The first-order valence-electron chi connectivity index (χ1n) is 5.94. The Bertz CT molecular complexity index is 638. The smallest absolute Gasteiger partial charge is 0.282 e. The van der Waals surface area contributed by atoms with Crippen LogP contribution in [0.2, 0.25) is 0 Å². The largest absolute Gasteiger partial charge is 0.298 e. The van der Waals surface area contributed by atoms with E-state index in [2.05, 4.69) is 10.9 Å². The van der Waals surface area contributed by atoms with Gasteiger partial charge in [-0.1, -0.05) is 29.8 Å². The van der Waals surface area contributed by atoms with Crippen molar-refractivity contribution < 1.29 is 9.72 Å². The summed E-state index contributed by atoms with van der Waals surface area (Å²) >= 11 is 0. The molecular formula is C14H13N3O3. The lowest BCUT2D eigenvalue weighted by atomic mass is 10.2. The van der Waals surface area contributed by atoms with Crippen molar-refractivity contribution in [3.63, 3.8) is 0 Å². The van der Waals surface area contributed by atoms with E-state index < -0.39 is 10.8 Å². The third-order valence-corrected chi connectivity index (χ3v) is 2.72. The molecule has 0 heterocycles. The second-order valence-electron chi connectivity index (χ2n) is 4.22. The highest BCUT2D eigenvalue weighted by molar-refractivity contribution is 5.98. The van der Waals surface area contributed by atoms with E-state index in [9.17, 15) is 14.9 Å². The minimum absolute atomic E-state index is 0.0112. The molecule has 0 fully saturated rings. The quantitative estimate of drug-likeness (QED) is 0.661. The predicted molar refractivity (Wildman–Crippen MR) is 75.4 cm³/mol. The second kappa shape index (κ2) is 5.83. The fourth-order valence-electron chi connectivity index (χ4n) is 1.66. The number of nitrogens with zero attached hydrogens (tertiary/aromatic N) is 1. The fraction of sp³-hybridized carbons (Fsp3) is 0.0714. The molecular weight excluding hydrogens is 258 g/mol. The molecule has 0 saturated heterocycles. The number of hydrogen-bond donors (Lipinski definition) is 2. The number of para-hydroxylation sites is 1. The molecule has 2 aromatic carbocycles. The van der Waals surface area contributed by atoms with E-state index >= 15 is 0 Å². The summed E-state index contributed by atoms with van der Waals surface area (Å²) in [6.45, 7) is 1.95. The van der Waals surface area contributed by atoms with Crippen LogP contribution in [0.25, 0.3) is 0 Å². The van der Waals surface area contributed by atoms with Gasteiger partial charge in [-0.15, -0.1) is 0 Å². The topological polar surface area (TPSA) is 84.3 Å². The van der Waals surface area contributed by atoms with Crippen LogP contribution in [0.5, 0.6) is 0 Å². The molecule has 0 bridgehead atoms. The van der Waals surface area contributed by atoms with E-state index in [0.717, 1.165) is 5.56 Å². The summed E-state index contributed by atoms with van der Waals surface area (Å²) in [6, 6.07) is 13.2. The van der Waals surface area contributed by atoms with Gasteiger partial charge in [0.2, 0.25) is 0 Å². The van der Waals surface area contributed by atoms with Gasteiger partial charge < -0.3 is 0 Å². The van der Waals surface area contributed by atoms with Crippen molar-refractivity contribution in [3.05, 3.63) is 69.8 Å². The summed E-state index contributed by atoms with van der Waals surface area (Å²) in [5, 5.41) is 10.8. The normalized spacial score (nSPS) is 9.85. The standard InChI is InChI=1S/C14H13N3O3/c1-10-6-8-11(9-7-10)15-16-14(18)12-4-2-3-5-13(12)17(19)20/h2-9,15H,1H3,(H,16,18). The van der Waals surface area contributed by atoms with Crippen molar-refractivity contribution >= 4 is 17.3 Å². The molecule has 0 atom stereocenters. The van der Waals surface area contributed by atoms with Crippen LogP contribution in [0.1, 0.15) is 15.9 Å². The molecule has 0 aliphatic carbocycles. The Kier molecular flexibility index (Phi) is 3.95. The summed E-state index contributed by atoms with van der Waals surface area (Å²) in [4.78, 5) is 22.2.